The van der Waals surface area contributed by atoms with Crippen molar-refractivity contribution in [1.29, 1.82) is 0 Å². The van der Waals surface area contributed by atoms with Gasteiger partial charge in [-0.15, -0.1) is 11.3 Å². The van der Waals surface area contributed by atoms with Crippen LogP contribution in [0.25, 0.3) is 0 Å². The molecular formula is C9H16N2OS. The van der Waals surface area contributed by atoms with Gasteiger partial charge < -0.3 is 15.8 Å². The van der Waals surface area contributed by atoms with E-state index in [1.165, 1.54) is 4.88 Å². The number of nitrogens with two attached hydrogens (primary N) is 1. The fourth-order valence-corrected chi connectivity index (χ4v) is 1.78. The number of hydrogen-bond donors (Lipinski definition) is 2. The number of hydrogen-bond acceptors (Lipinski definition) is 4. The predicted molar refractivity (Wildman–Crippen MR) is 56.2 cm³/mol. The van der Waals surface area contributed by atoms with Gasteiger partial charge in [0.05, 0.1) is 12.0 Å². The molecule has 13 heavy (non-hydrogen) atoms. The van der Waals surface area contributed by atoms with Gasteiger partial charge in [0, 0.05) is 19.1 Å². The van der Waals surface area contributed by atoms with Crippen LogP contribution in [0.3, 0.4) is 0 Å². The molecule has 1 aromatic rings. The maximum atomic E-state index is 5.49. The summed E-state index contributed by atoms with van der Waals surface area (Å²) in [4.78, 5) is 1.22. The highest BCUT2D eigenvalue weighted by molar-refractivity contribution is 7.10. The summed E-state index contributed by atoms with van der Waals surface area (Å²) in [6, 6.07) is 2.33. The van der Waals surface area contributed by atoms with Crippen molar-refractivity contribution in [3.63, 3.8) is 0 Å². The van der Waals surface area contributed by atoms with Crippen LogP contribution in [-0.2, 0) is 6.54 Å². The molecule has 1 rings (SSSR count). The Balaban J connectivity index is 2.44. The van der Waals surface area contributed by atoms with Crippen LogP contribution in [0.1, 0.15) is 11.8 Å². The summed E-state index contributed by atoms with van der Waals surface area (Å²) >= 11 is 1.70. The van der Waals surface area contributed by atoms with E-state index in [4.69, 9.17) is 10.5 Å². The minimum atomic E-state index is 0.354. The Bertz CT molecular complexity index is 250. The Kier molecular flexibility index (Phi) is 4.21. The summed E-state index contributed by atoms with van der Waals surface area (Å²) in [5.41, 5.74) is 5.49. The summed E-state index contributed by atoms with van der Waals surface area (Å²) in [6.07, 6.45) is 0. The first kappa shape index (κ1) is 10.5. The van der Waals surface area contributed by atoms with Gasteiger partial charge in [0.15, 0.2) is 0 Å². The fourth-order valence-electron chi connectivity index (χ4n) is 0.990. The number of methoxy groups -OCH3 is 1. The maximum absolute atomic E-state index is 5.49. The molecule has 74 valence electrons. The summed E-state index contributed by atoms with van der Waals surface area (Å²) in [6.45, 7) is 3.56. The number of thiophene rings is 1. The molecule has 0 aliphatic carbocycles. The highest BCUT2D eigenvalue weighted by atomic mass is 32.1. The number of nitrogens with one attached hydrogen (secondary N) is 1. The second kappa shape index (κ2) is 5.21. The Morgan fingerprint density at radius 1 is 1.69 bits per heavy atom. The zero-order valence-corrected chi connectivity index (χ0v) is 8.86. The molecule has 3 N–H and O–H groups in total. The smallest absolute Gasteiger partial charge is 0.134 e. The fraction of sp³-hybridized carbons (Fsp3) is 0.556. The first-order valence-corrected chi connectivity index (χ1v) is 5.19. The van der Waals surface area contributed by atoms with Gasteiger partial charge in [-0.05, 0) is 18.4 Å². The maximum Gasteiger partial charge on any atom is 0.134 e. The molecular weight excluding hydrogens is 184 g/mol. The zero-order valence-electron chi connectivity index (χ0n) is 8.04. The minimum absolute atomic E-state index is 0.354. The average molecular weight is 200 g/mol. The van der Waals surface area contributed by atoms with Gasteiger partial charge >= 0.3 is 0 Å². The van der Waals surface area contributed by atoms with Crippen molar-refractivity contribution < 1.29 is 4.74 Å². The van der Waals surface area contributed by atoms with Crippen LogP contribution in [0.2, 0.25) is 0 Å². The van der Waals surface area contributed by atoms with E-state index in [2.05, 4.69) is 12.2 Å². The van der Waals surface area contributed by atoms with Crippen LogP contribution in [-0.4, -0.2) is 19.7 Å². The Hall–Kier alpha value is -0.580. The minimum Gasteiger partial charge on any atom is -0.496 e. The van der Waals surface area contributed by atoms with Crippen LogP contribution in [0, 0.1) is 0 Å². The van der Waals surface area contributed by atoms with E-state index in [-0.39, 0.29) is 0 Å². The van der Waals surface area contributed by atoms with Gasteiger partial charge in [0.2, 0.25) is 0 Å². The first-order valence-electron chi connectivity index (χ1n) is 4.31. The van der Waals surface area contributed by atoms with Gasteiger partial charge in [-0.3, -0.25) is 0 Å². The highest BCUT2D eigenvalue weighted by Crippen LogP contribution is 2.23. The van der Waals surface area contributed by atoms with E-state index in [1.807, 2.05) is 11.4 Å². The Morgan fingerprint density at radius 2 is 2.46 bits per heavy atom. The lowest BCUT2D eigenvalue weighted by Crippen LogP contribution is -2.32. The van der Waals surface area contributed by atoms with Crippen molar-refractivity contribution >= 4 is 11.3 Å². The predicted octanol–water partition coefficient (Wildman–Crippen LogP) is 1.19. The highest BCUT2D eigenvalue weighted by Gasteiger charge is 2.05. The third-order valence-electron chi connectivity index (χ3n) is 1.89. The molecule has 1 aromatic heterocycles. The summed E-state index contributed by atoms with van der Waals surface area (Å²) in [5.74, 6) is 0.960. The second-order valence-corrected chi connectivity index (χ2v) is 3.93. The molecule has 0 aromatic carbocycles. The van der Waals surface area contributed by atoms with Crippen molar-refractivity contribution in [2.45, 2.75) is 19.5 Å². The van der Waals surface area contributed by atoms with E-state index < -0.39 is 0 Å². The van der Waals surface area contributed by atoms with Crippen LogP contribution in [0.15, 0.2) is 11.4 Å². The standard InChI is InChI=1S/C9H16N2OS/c1-7(5-10)11-6-9-8(12-2)3-4-13-9/h3-4,7,11H,5-6,10H2,1-2H3/t7-/m1/s1. The van der Waals surface area contributed by atoms with Crippen LogP contribution in [0.4, 0.5) is 0 Å². The second-order valence-electron chi connectivity index (χ2n) is 2.93. The lowest BCUT2D eigenvalue weighted by atomic mass is 10.3. The van der Waals surface area contributed by atoms with Crippen molar-refractivity contribution in [2.75, 3.05) is 13.7 Å². The SMILES string of the molecule is COc1ccsc1CN[C@H](C)CN. The molecule has 0 bridgehead atoms. The number of rotatable bonds is 5. The quantitative estimate of drug-likeness (QED) is 0.750. The molecule has 0 aliphatic rings. The molecule has 1 heterocycles. The average Bonchev–Trinajstić information content (AvgIpc) is 2.61. The van der Waals surface area contributed by atoms with Gasteiger partial charge in [-0.1, -0.05) is 0 Å². The molecule has 0 saturated carbocycles. The molecule has 0 amide bonds. The zero-order chi connectivity index (χ0) is 9.68. The molecule has 0 fully saturated rings. The monoisotopic (exact) mass is 200 g/mol. The first-order chi connectivity index (χ1) is 6.27. The van der Waals surface area contributed by atoms with Crippen molar-refractivity contribution in [2.24, 2.45) is 5.73 Å². The normalized spacial score (nSPS) is 12.8. The van der Waals surface area contributed by atoms with Crippen molar-refractivity contribution in [1.82, 2.24) is 5.32 Å². The largest absolute Gasteiger partial charge is 0.496 e. The van der Waals surface area contributed by atoms with Crippen molar-refractivity contribution in [3.8, 4) is 5.75 Å². The summed E-state index contributed by atoms with van der Waals surface area (Å²) in [5, 5.41) is 5.35. The van der Waals surface area contributed by atoms with Gasteiger partial charge in [-0.25, -0.2) is 0 Å². The topological polar surface area (TPSA) is 47.3 Å². The van der Waals surface area contributed by atoms with E-state index in [1.54, 1.807) is 18.4 Å². The third-order valence-corrected chi connectivity index (χ3v) is 2.79. The molecule has 0 saturated heterocycles. The Labute approximate surface area is 82.9 Å². The van der Waals surface area contributed by atoms with E-state index in [0.717, 1.165) is 12.3 Å². The lowest BCUT2D eigenvalue weighted by molar-refractivity contribution is 0.409. The van der Waals surface area contributed by atoms with Crippen molar-refractivity contribution in [3.05, 3.63) is 16.3 Å². The lowest BCUT2D eigenvalue weighted by Gasteiger charge is -2.10. The number of ether oxygens (including phenoxy) is 1. The third kappa shape index (κ3) is 2.99. The van der Waals surface area contributed by atoms with Gasteiger partial charge in [-0.2, -0.15) is 0 Å². The molecule has 0 aliphatic heterocycles. The molecule has 3 nitrogen and oxygen atoms in total. The summed E-state index contributed by atoms with van der Waals surface area (Å²) < 4.78 is 5.19. The van der Waals surface area contributed by atoms with Crippen LogP contribution in [0.5, 0.6) is 5.75 Å². The van der Waals surface area contributed by atoms with Gasteiger partial charge in [0.1, 0.15) is 5.75 Å². The molecule has 4 heteroatoms. The summed E-state index contributed by atoms with van der Waals surface area (Å²) in [7, 11) is 1.69. The van der Waals surface area contributed by atoms with E-state index in [9.17, 15) is 0 Å². The van der Waals surface area contributed by atoms with E-state index >= 15 is 0 Å². The van der Waals surface area contributed by atoms with Crippen LogP contribution < -0.4 is 15.8 Å². The van der Waals surface area contributed by atoms with Gasteiger partial charge in [0.25, 0.3) is 0 Å². The molecule has 1 atom stereocenters. The molecule has 0 radical (unpaired) electrons. The molecule has 0 spiro atoms. The Morgan fingerprint density at radius 3 is 3.08 bits per heavy atom. The van der Waals surface area contributed by atoms with Crippen LogP contribution >= 0.6 is 11.3 Å². The molecule has 0 unspecified atom stereocenters. The van der Waals surface area contributed by atoms with E-state index in [0.29, 0.717) is 12.6 Å².